The van der Waals surface area contributed by atoms with Crippen molar-refractivity contribution < 1.29 is 13.2 Å². The molecule has 0 atom stereocenters. The number of nitrogens with zero attached hydrogens (tertiary/aromatic N) is 1. The van der Waals surface area contributed by atoms with Gasteiger partial charge in [-0.1, -0.05) is 30.3 Å². The van der Waals surface area contributed by atoms with Gasteiger partial charge in [-0.15, -0.1) is 11.3 Å². The summed E-state index contributed by atoms with van der Waals surface area (Å²) in [6.07, 6.45) is 2.45. The lowest BCUT2D eigenvalue weighted by molar-refractivity contribution is -0.122. The van der Waals surface area contributed by atoms with Gasteiger partial charge in [-0.2, -0.15) is 4.31 Å². The molecule has 0 saturated carbocycles. The van der Waals surface area contributed by atoms with Crippen LogP contribution in [0.15, 0.2) is 50.5 Å². The zero-order chi connectivity index (χ0) is 18.6. The van der Waals surface area contributed by atoms with Crippen LogP contribution >= 0.6 is 27.3 Å². The minimum Gasteiger partial charge on any atom is -0.353 e. The number of nitrogens with one attached hydrogen (secondary N) is 1. The molecule has 1 aliphatic heterocycles. The number of amides is 1. The highest BCUT2D eigenvalue weighted by Gasteiger charge is 2.30. The maximum absolute atomic E-state index is 12.6. The van der Waals surface area contributed by atoms with Gasteiger partial charge in [0.15, 0.2) is 0 Å². The minimum absolute atomic E-state index is 0.0253. The average Bonchev–Trinajstić information content (AvgIpc) is 3.09. The lowest BCUT2D eigenvalue weighted by Gasteiger charge is -2.31. The maximum Gasteiger partial charge on any atom is 0.252 e. The van der Waals surface area contributed by atoms with Gasteiger partial charge in [-0.3, -0.25) is 4.79 Å². The normalized spacial score (nSPS) is 16.5. The van der Waals surface area contributed by atoms with E-state index in [2.05, 4.69) is 21.2 Å². The van der Waals surface area contributed by atoms with Gasteiger partial charge in [0.05, 0.1) is 3.79 Å². The second kappa shape index (κ2) is 8.65. The van der Waals surface area contributed by atoms with E-state index in [4.69, 9.17) is 0 Å². The summed E-state index contributed by atoms with van der Waals surface area (Å²) in [4.78, 5) is 12.1. The van der Waals surface area contributed by atoms with Crippen LogP contribution in [0.5, 0.6) is 0 Å². The molecule has 1 aromatic carbocycles. The van der Waals surface area contributed by atoms with Crippen molar-refractivity contribution in [2.24, 2.45) is 0 Å². The predicted octanol–water partition coefficient (Wildman–Crippen LogP) is 3.41. The lowest BCUT2D eigenvalue weighted by Crippen LogP contribution is -2.46. The van der Waals surface area contributed by atoms with Gasteiger partial charge in [-0.25, -0.2) is 8.42 Å². The molecule has 5 nitrogen and oxygen atoms in total. The number of hydrogen-bond donors (Lipinski definition) is 1. The molecule has 26 heavy (non-hydrogen) atoms. The van der Waals surface area contributed by atoms with Crippen molar-refractivity contribution >= 4 is 43.2 Å². The number of thiophene rings is 1. The third kappa shape index (κ3) is 4.94. The quantitative estimate of drug-likeness (QED) is 0.723. The topological polar surface area (TPSA) is 66.5 Å². The van der Waals surface area contributed by atoms with Gasteiger partial charge in [0.2, 0.25) is 5.91 Å². The second-order valence-corrected chi connectivity index (χ2v) is 10.9. The third-order valence-corrected chi connectivity index (χ3v) is 8.43. The van der Waals surface area contributed by atoms with Crippen LogP contribution in [0.1, 0.15) is 24.8 Å². The standard InChI is InChI=1S/C18H21BrN2O3S2/c19-16-7-9-18(25-16)26(23,24)21-12-10-15(11-13-21)20-17(22)8-6-14-4-2-1-3-5-14/h1-5,7,9,15H,6,8,10-13H2,(H,20,22). The van der Waals surface area contributed by atoms with Crippen LogP contribution in [0, 0.1) is 0 Å². The number of hydrogen-bond acceptors (Lipinski definition) is 4. The molecule has 0 unspecified atom stereocenters. The number of benzene rings is 1. The smallest absolute Gasteiger partial charge is 0.252 e. The molecule has 3 rings (SSSR count). The Kier molecular flexibility index (Phi) is 6.50. The molecule has 2 aromatic rings. The van der Waals surface area contributed by atoms with Gasteiger partial charge in [0, 0.05) is 25.6 Å². The van der Waals surface area contributed by atoms with E-state index in [1.54, 1.807) is 12.1 Å². The van der Waals surface area contributed by atoms with E-state index in [0.29, 0.717) is 43.0 Å². The fourth-order valence-electron chi connectivity index (χ4n) is 3.01. The van der Waals surface area contributed by atoms with E-state index in [1.165, 1.54) is 15.6 Å². The van der Waals surface area contributed by atoms with Gasteiger partial charge in [-0.05, 0) is 52.9 Å². The van der Waals surface area contributed by atoms with E-state index < -0.39 is 10.0 Å². The molecule has 1 aliphatic rings. The molecule has 2 heterocycles. The number of piperidine rings is 1. The number of sulfonamides is 1. The molecule has 0 bridgehead atoms. The first-order chi connectivity index (χ1) is 12.4. The monoisotopic (exact) mass is 456 g/mol. The Morgan fingerprint density at radius 3 is 2.46 bits per heavy atom. The molecule has 1 fully saturated rings. The van der Waals surface area contributed by atoms with Gasteiger partial charge in [0.1, 0.15) is 4.21 Å². The molecular formula is C18H21BrN2O3S2. The van der Waals surface area contributed by atoms with Crippen LogP contribution in [0.3, 0.4) is 0 Å². The zero-order valence-corrected chi connectivity index (χ0v) is 17.4. The fraction of sp³-hybridized carbons (Fsp3) is 0.389. The van der Waals surface area contributed by atoms with Crippen LogP contribution in [0.4, 0.5) is 0 Å². The molecule has 0 radical (unpaired) electrons. The first-order valence-electron chi connectivity index (χ1n) is 8.54. The van der Waals surface area contributed by atoms with Crippen molar-refractivity contribution in [1.82, 2.24) is 9.62 Å². The average molecular weight is 457 g/mol. The number of halogens is 1. The SMILES string of the molecule is O=C(CCc1ccccc1)NC1CCN(S(=O)(=O)c2ccc(Br)s2)CC1. The first kappa shape index (κ1) is 19.5. The van der Waals surface area contributed by atoms with Crippen LogP contribution in [-0.2, 0) is 21.2 Å². The molecular weight excluding hydrogens is 436 g/mol. The van der Waals surface area contributed by atoms with E-state index in [-0.39, 0.29) is 11.9 Å². The Morgan fingerprint density at radius 1 is 1.15 bits per heavy atom. The molecule has 1 amide bonds. The highest BCUT2D eigenvalue weighted by Crippen LogP contribution is 2.29. The Bertz CT molecular complexity index is 844. The first-order valence-corrected chi connectivity index (χ1v) is 11.6. The summed E-state index contributed by atoms with van der Waals surface area (Å²) in [5, 5.41) is 3.04. The Morgan fingerprint density at radius 2 is 1.85 bits per heavy atom. The summed E-state index contributed by atoms with van der Waals surface area (Å²) in [6.45, 7) is 0.864. The summed E-state index contributed by atoms with van der Waals surface area (Å²) in [7, 11) is -3.43. The van der Waals surface area contributed by atoms with Gasteiger partial charge < -0.3 is 5.32 Å². The summed E-state index contributed by atoms with van der Waals surface area (Å²) < 4.78 is 27.9. The van der Waals surface area contributed by atoms with Crippen molar-refractivity contribution in [3.05, 3.63) is 51.8 Å². The number of rotatable bonds is 6. The maximum atomic E-state index is 12.6. The molecule has 8 heteroatoms. The van der Waals surface area contributed by atoms with Crippen molar-refractivity contribution in [2.45, 2.75) is 35.9 Å². The second-order valence-electron chi connectivity index (χ2n) is 6.29. The van der Waals surface area contributed by atoms with Crippen LogP contribution in [-0.4, -0.2) is 37.8 Å². The number of aryl methyl sites for hydroxylation is 1. The van der Waals surface area contributed by atoms with E-state index in [9.17, 15) is 13.2 Å². The Balaban J connectivity index is 1.47. The minimum atomic E-state index is -3.43. The highest BCUT2D eigenvalue weighted by molar-refractivity contribution is 9.11. The summed E-state index contributed by atoms with van der Waals surface area (Å²) in [6, 6.07) is 13.3. The van der Waals surface area contributed by atoms with E-state index in [0.717, 1.165) is 9.35 Å². The van der Waals surface area contributed by atoms with E-state index in [1.807, 2.05) is 30.3 Å². The summed E-state index contributed by atoms with van der Waals surface area (Å²) in [5.74, 6) is 0.0253. The molecule has 140 valence electrons. The van der Waals surface area contributed by atoms with Crippen molar-refractivity contribution in [1.29, 1.82) is 0 Å². The zero-order valence-electron chi connectivity index (χ0n) is 14.2. The molecule has 0 aliphatic carbocycles. The molecule has 1 N–H and O–H groups in total. The summed E-state index contributed by atoms with van der Waals surface area (Å²) in [5.41, 5.74) is 1.14. The highest BCUT2D eigenvalue weighted by atomic mass is 79.9. The van der Waals surface area contributed by atoms with Crippen molar-refractivity contribution in [2.75, 3.05) is 13.1 Å². The van der Waals surface area contributed by atoms with Gasteiger partial charge >= 0.3 is 0 Å². The molecule has 1 saturated heterocycles. The largest absolute Gasteiger partial charge is 0.353 e. The van der Waals surface area contributed by atoms with Crippen molar-refractivity contribution in [3.8, 4) is 0 Å². The van der Waals surface area contributed by atoms with Crippen LogP contribution in [0.25, 0.3) is 0 Å². The lowest BCUT2D eigenvalue weighted by atomic mass is 10.1. The van der Waals surface area contributed by atoms with Crippen LogP contribution in [0.2, 0.25) is 0 Å². The van der Waals surface area contributed by atoms with Gasteiger partial charge in [0.25, 0.3) is 10.0 Å². The van der Waals surface area contributed by atoms with Crippen molar-refractivity contribution in [3.63, 3.8) is 0 Å². The molecule has 1 aromatic heterocycles. The predicted molar refractivity (Wildman–Crippen MR) is 107 cm³/mol. The fourth-order valence-corrected chi connectivity index (χ4v) is 6.64. The molecule has 0 spiro atoms. The Labute approximate surface area is 166 Å². The number of carbonyl (C=O) groups excluding carboxylic acids is 1. The van der Waals surface area contributed by atoms with E-state index >= 15 is 0 Å². The Hall–Kier alpha value is -1.22. The number of carbonyl (C=O) groups is 1. The van der Waals surface area contributed by atoms with Crippen LogP contribution < -0.4 is 5.32 Å². The summed E-state index contributed by atoms with van der Waals surface area (Å²) >= 11 is 4.53. The third-order valence-electron chi connectivity index (χ3n) is 4.45.